The van der Waals surface area contributed by atoms with Gasteiger partial charge in [0.1, 0.15) is 21.7 Å². The van der Waals surface area contributed by atoms with E-state index in [1.807, 2.05) is 0 Å². The Labute approximate surface area is 157 Å². The monoisotopic (exact) mass is 380 g/mol. The fourth-order valence-corrected chi connectivity index (χ4v) is 2.59. The molecule has 10 nitrogen and oxygen atoms in total. The van der Waals surface area contributed by atoms with Crippen LogP contribution in [0.5, 0.6) is 5.75 Å². The van der Waals surface area contributed by atoms with Gasteiger partial charge in [0.15, 0.2) is 12.5 Å². The summed E-state index contributed by atoms with van der Waals surface area (Å²) in [6.07, 6.45) is 3.56. The number of aromatic nitrogens is 2. The molecular weight excluding hydrogens is 367 g/mol. The summed E-state index contributed by atoms with van der Waals surface area (Å²) in [5.74, 6) is 0.427. The molecule has 0 aliphatic heterocycles. The van der Waals surface area contributed by atoms with Crippen molar-refractivity contribution in [3.05, 3.63) is 36.7 Å². The van der Waals surface area contributed by atoms with Crippen LogP contribution in [-0.2, 0) is 20.1 Å². The minimum absolute atomic E-state index is 0. The van der Waals surface area contributed by atoms with Crippen molar-refractivity contribution in [3.8, 4) is 5.75 Å². The Morgan fingerprint density at radius 2 is 1.84 bits per heavy atom. The third-order valence-electron chi connectivity index (χ3n) is 2.51. The number of nitrogens with zero attached hydrogens (tertiary/aromatic N) is 2. The van der Waals surface area contributed by atoms with Crippen molar-refractivity contribution >= 4 is 31.8 Å². The quantitative estimate of drug-likeness (QED) is 0.295. The Hall–Kier alpha value is -1.84. The van der Waals surface area contributed by atoms with Gasteiger partial charge < -0.3 is 14.6 Å². The smallest absolute Gasteiger partial charge is 0.744 e. The maximum atomic E-state index is 11.1. The Kier molecular flexibility index (Phi) is 7.21. The maximum absolute atomic E-state index is 11.1. The predicted molar refractivity (Wildman–Crippen MR) is 84.0 cm³/mol. The first-order chi connectivity index (χ1) is 11.1. The maximum Gasteiger partial charge on any atom is 1.00 e. The largest absolute Gasteiger partial charge is 1.00 e. The summed E-state index contributed by atoms with van der Waals surface area (Å²) in [6, 6.07) is 5.10. The van der Waals surface area contributed by atoms with E-state index in [0.29, 0.717) is 0 Å². The van der Waals surface area contributed by atoms with E-state index in [9.17, 15) is 21.4 Å². The molecule has 25 heavy (non-hydrogen) atoms. The number of hydrogen-bond acceptors (Lipinski definition) is 9. The zero-order valence-corrected chi connectivity index (χ0v) is 15.0. The van der Waals surface area contributed by atoms with E-state index in [2.05, 4.69) is 20.0 Å². The minimum Gasteiger partial charge on any atom is -0.744 e. The van der Waals surface area contributed by atoms with Crippen molar-refractivity contribution in [2.75, 3.05) is 23.0 Å². The van der Waals surface area contributed by atoms with Crippen molar-refractivity contribution in [1.82, 2.24) is 9.97 Å². The summed E-state index contributed by atoms with van der Waals surface area (Å²) in [5, 5.41) is 2.72. The third-order valence-corrected chi connectivity index (χ3v) is 3.92. The van der Waals surface area contributed by atoms with E-state index >= 15 is 0 Å². The first-order valence-electron chi connectivity index (χ1n) is 6.36. The second-order valence-corrected chi connectivity index (χ2v) is 7.69. The molecule has 0 saturated carbocycles. The molecule has 0 unspecified atom stereocenters. The molecule has 0 aliphatic rings. The summed E-state index contributed by atoms with van der Waals surface area (Å²) >= 11 is 0. The van der Waals surface area contributed by atoms with Gasteiger partial charge in [0.25, 0.3) is 0 Å². The van der Waals surface area contributed by atoms with Crippen LogP contribution in [0.3, 0.4) is 0 Å². The van der Waals surface area contributed by atoms with Gasteiger partial charge in [-0.3, -0.25) is 9.71 Å². The number of benzene rings is 1. The Morgan fingerprint density at radius 1 is 1.16 bits per heavy atom. The zero-order valence-electron chi connectivity index (χ0n) is 13.3. The van der Waals surface area contributed by atoms with Crippen LogP contribution in [0.1, 0.15) is 0 Å². The van der Waals surface area contributed by atoms with Gasteiger partial charge in [0, 0.05) is 0 Å². The third kappa shape index (κ3) is 7.28. The molecule has 2 N–H and O–H groups in total. The van der Waals surface area contributed by atoms with Gasteiger partial charge in [-0.25, -0.2) is 21.8 Å². The van der Waals surface area contributed by atoms with Gasteiger partial charge in [-0.1, -0.05) is 6.07 Å². The number of rotatable bonds is 7. The molecule has 1 heterocycles. The molecule has 2 aromatic rings. The van der Waals surface area contributed by atoms with Crippen molar-refractivity contribution < 1.29 is 45.0 Å². The molecule has 0 saturated heterocycles. The van der Waals surface area contributed by atoms with Crippen LogP contribution in [-0.4, -0.2) is 44.3 Å². The average molecular weight is 380 g/mol. The van der Waals surface area contributed by atoms with Gasteiger partial charge in [-0.05, 0) is 18.2 Å². The molecule has 0 atom stereocenters. The van der Waals surface area contributed by atoms with Crippen LogP contribution in [0.15, 0.2) is 41.6 Å². The van der Waals surface area contributed by atoms with E-state index in [1.54, 1.807) is 0 Å². The fraction of sp³-hybridized carbons (Fsp3) is 0.167. The van der Waals surface area contributed by atoms with Crippen LogP contribution in [0.2, 0.25) is 0 Å². The van der Waals surface area contributed by atoms with Crippen LogP contribution in [0.4, 0.5) is 11.6 Å². The van der Waals surface area contributed by atoms with Crippen molar-refractivity contribution in [1.29, 1.82) is 0 Å². The first-order valence-corrected chi connectivity index (χ1v) is 9.66. The molecule has 0 amide bonds. The van der Waals surface area contributed by atoms with E-state index in [0.717, 1.165) is 18.4 Å². The van der Waals surface area contributed by atoms with Gasteiger partial charge in [0.05, 0.1) is 23.5 Å². The van der Waals surface area contributed by atoms with Gasteiger partial charge in [-0.15, -0.1) is 0 Å². The van der Waals surface area contributed by atoms with Crippen LogP contribution >= 0.6 is 0 Å². The number of anilines is 2. The summed E-state index contributed by atoms with van der Waals surface area (Å²) in [7, 11) is -8.04. The van der Waals surface area contributed by atoms with Crippen LogP contribution in [0, 0.1) is 0 Å². The Bertz CT molecular complexity index is 936. The van der Waals surface area contributed by atoms with E-state index in [4.69, 9.17) is 4.74 Å². The Morgan fingerprint density at radius 3 is 2.48 bits per heavy atom. The molecule has 0 aliphatic carbocycles. The molecule has 13 heteroatoms. The topological polar surface area (TPSA) is 150 Å². The molecule has 0 spiro atoms. The van der Waals surface area contributed by atoms with Gasteiger partial charge >= 0.3 is 18.9 Å². The average Bonchev–Trinajstić information content (AvgIpc) is 2.45. The second kappa shape index (κ2) is 8.50. The standard InChI is InChI=1S/C12H14N4O6S2.Li/c1-23(17,18)16-12-7-13-6-11(15-12)14-8-22-9-3-2-4-10(5-9)24(19,20)21;/h2-7H,8H2,1H3,(H2,14,15,16)(H,19,20,21);/q;+1/p-1. The van der Waals surface area contributed by atoms with E-state index in [1.165, 1.54) is 24.5 Å². The summed E-state index contributed by atoms with van der Waals surface area (Å²) in [6.45, 7) is -0.112. The van der Waals surface area contributed by atoms with Crippen molar-refractivity contribution in [2.24, 2.45) is 0 Å². The minimum atomic E-state index is -4.56. The predicted octanol–water partition coefficient (Wildman–Crippen LogP) is -2.80. The molecule has 0 radical (unpaired) electrons. The number of sulfonamides is 1. The van der Waals surface area contributed by atoms with E-state index < -0.39 is 25.0 Å². The second-order valence-electron chi connectivity index (χ2n) is 4.56. The molecule has 2 rings (SSSR count). The molecule has 1 aromatic heterocycles. The molecule has 0 fully saturated rings. The zero-order chi connectivity index (χ0) is 17.8. The SMILES string of the molecule is CS(=O)(=O)Nc1cncc(NCOc2cccc(S(=O)(=O)[O-])c2)n1.[Li+]. The number of nitrogens with one attached hydrogen (secondary N) is 2. The van der Waals surface area contributed by atoms with Gasteiger partial charge in [-0.2, -0.15) is 0 Å². The van der Waals surface area contributed by atoms with E-state index in [-0.39, 0.29) is 43.0 Å². The fourth-order valence-electron chi connectivity index (χ4n) is 1.60. The summed E-state index contributed by atoms with van der Waals surface area (Å²) in [5.41, 5.74) is 0. The van der Waals surface area contributed by atoms with Gasteiger partial charge in [0.2, 0.25) is 10.0 Å². The Balaban J connectivity index is 0.00000312. The number of ether oxygens (including phenoxy) is 1. The van der Waals surface area contributed by atoms with Crippen molar-refractivity contribution in [2.45, 2.75) is 4.90 Å². The molecule has 130 valence electrons. The molecule has 0 bridgehead atoms. The molecular formula is C12H13LiN4O6S2. The molecule has 1 aromatic carbocycles. The first kappa shape index (κ1) is 21.2. The summed E-state index contributed by atoms with van der Waals surface area (Å²) in [4.78, 5) is 7.37. The summed E-state index contributed by atoms with van der Waals surface area (Å²) < 4.78 is 62.5. The normalized spacial score (nSPS) is 11.3. The van der Waals surface area contributed by atoms with Crippen LogP contribution < -0.4 is 33.6 Å². The van der Waals surface area contributed by atoms with Crippen LogP contribution in [0.25, 0.3) is 0 Å². The van der Waals surface area contributed by atoms with Crippen molar-refractivity contribution in [3.63, 3.8) is 0 Å². The number of hydrogen-bond donors (Lipinski definition) is 2.